The fourth-order valence-corrected chi connectivity index (χ4v) is 0.911. The Kier molecular flexibility index (Phi) is 5.04. The lowest BCUT2D eigenvalue weighted by Gasteiger charge is -2.15. The molecule has 0 aromatic carbocycles. The summed E-state index contributed by atoms with van der Waals surface area (Å²) in [5.41, 5.74) is 5.51. The first-order chi connectivity index (χ1) is 5.63. The Balaban J connectivity index is 4.04. The molecule has 0 bridgehead atoms. The van der Waals surface area contributed by atoms with Crippen LogP contribution in [0.2, 0.25) is 0 Å². The second kappa shape index (κ2) is 5.55. The smallest absolute Gasteiger partial charge is 0.245 e. The van der Waals surface area contributed by atoms with Gasteiger partial charge in [0.2, 0.25) is 5.91 Å². The Labute approximate surface area is 73.3 Å². The van der Waals surface area contributed by atoms with E-state index in [1.54, 1.807) is 6.08 Å². The van der Waals surface area contributed by atoms with Gasteiger partial charge in [0, 0.05) is 18.2 Å². The summed E-state index contributed by atoms with van der Waals surface area (Å²) >= 11 is 0. The van der Waals surface area contributed by atoms with Crippen molar-refractivity contribution >= 4 is 5.91 Å². The number of primary amides is 1. The Bertz CT molecular complexity index is 187. The first-order valence-corrected chi connectivity index (χ1v) is 3.96. The minimum atomic E-state index is -0.446. The Hall–Kier alpha value is -1.09. The molecule has 0 heterocycles. The van der Waals surface area contributed by atoms with Crippen molar-refractivity contribution in [1.29, 1.82) is 0 Å². The monoisotopic (exact) mass is 168 g/mol. The number of amides is 1. The van der Waals surface area contributed by atoms with Gasteiger partial charge in [-0.1, -0.05) is 19.6 Å². The van der Waals surface area contributed by atoms with Crippen molar-refractivity contribution in [2.24, 2.45) is 5.73 Å². The fourth-order valence-electron chi connectivity index (χ4n) is 0.911. The summed E-state index contributed by atoms with van der Waals surface area (Å²) in [4.78, 5) is 10.7. The summed E-state index contributed by atoms with van der Waals surface area (Å²) < 4.78 is 0. The zero-order valence-corrected chi connectivity index (χ0v) is 7.47. The molecule has 3 heteroatoms. The van der Waals surface area contributed by atoms with Crippen LogP contribution in [-0.4, -0.2) is 18.5 Å². The molecule has 1 amide bonds. The maximum Gasteiger partial charge on any atom is 0.245 e. The predicted octanol–water partition coefficient (Wildman–Crippen LogP) is 0.582. The van der Waals surface area contributed by atoms with Crippen LogP contribution in [0.3, 0.4) is 0 Å². The van der Waals surface area contributed by atoms with E-state index in [2.05, 4.69) is 18.5 Å². The van der Waals surface area contributed by atoms with E-state index in [1.165, 1.54) is 0 Å². The van der Waals surface area contributed by atoms with Crippen LogP contribution in [0, 0.1) is 0 Å². The summed E-state index contributed by atoms with van der Waals surface area (Å²) in [6, 6.07) is -0.0273. The second-order valence-corrected chi connectivity index (χ2v) is 2.55. The minimum absolute atomic E-state index is 0.0273. The van der Waals surface area contributed by atoms with Crippen LogP contribution in [0.4, 0.5) is 0 Å². The molecule has 0 rings (SSSR count). The van der Waals surface area contributed by atoms with E-state index >= 15 is 0 Å². The van der Waals surface area contributed by atoms with Gasteiger partial charge in [-0.2, -0.15) is 0 Å². The van der Waals surface area contributed by atoms with Crippen molar-refractivity contribution in [2.75, 3.05) is 6.54 Å². The van der Waals surface area contributed by atoms with Gasteiger partial charge in [0.05, 0.1) is 0 Å². The van der Waals surface area contributed by atoms with Crippen LogP contribution in [0.15, 0.2) is 24.8 Å². The van der Waals surface area contributed by atoms with E-state index in [9.17, 15) is 4.79 Å². The summed E-state index contributed by atoms with van der Waals surface area (Å²) in [6.45, 7) is 9.79. The molecule has 0 aliphatic rings. The Morgan fingerprint density at radius 3 is 2.67 bits per heavy atom. The molecule has 12 heavy (non-hydrogen) atoms. The van der Waals surface area contributed by atoms with Crippen molar-refractivity contribution in [2.45, 2.75) is 19.4 Å². The van der Waals surface area contributed by atoms with Gasteiger partial charge in [0.1, 0.15) is 0 Å². The number of hydrogen-bond donors (Lipinski definition) is 2. The average Bonchev–Trinajstić information content (AvgIpc) is 2.05. The van der Waals surface area contributed by atoms with Crippen LogP contribution < -0.4 is 11.1 Å². The molecule has 0 saturated carbocycles. The highest BCUT2D eigenvalue weighted by Gasteiger charge is 2.12. The fraction of sp³-hybridized carbons (Fsp3) is 0.444. The first kappa shape index (κ1) is 10.9. The normalized spacial score (nSPS) is 12.1. The highest BCUT2D eigenvalue weighted by molar-refractivity contribution is 5.92. The van der Waals surface area contributed by atoms with Crippen molar-refractivity contribution < 1.29 is 4.79 Å². The third kappa shape index (κ3) is 3.34. The minimum Gasteiger partial charge on any atom is -0.366 e. The first-order valence-electron chi connectivity index (χ1n) is 3.96. The SMILES string of the molecule is C=CCNC(CC)C(=C)C(N)=O. The average molecular weight is 168 g/mol. The van der Waals surface area contributed by atoms with Crippen molar-refractivity contribution in [3.05, 3.63) is 24.8 Å². The topological polar surface area (TPSA) is 55.1 Å². The predicted molar refractivity (Wildman–Crippen MR) is 50.6 cm³/mol. The summed E-state index contributed by atoms with van der Waals surface area (Å²) in [7, 11) is 0. The van der Waals surface area contributed by atoms with Crippen LogP contribution in [0.1, 0.15) is 13.3 Å². The van der Waals surface area contributed by atoms with Gasteiger partial charge in [-0.15, -0.1) is 6.58 Å². The van der Waals surface area contributed by atoms with Crippen LogP contribution in [0.5, 0.6) is 0 Å². The van der Waals surface area contributed by atoms with Gasteiger partial charge in [0.25, 0.3) is 0 Å². The lowest BCUT2D eigenvalue weighted by Crippen LogP contribution is -2.35. The molecule has 0 aromatic rings. The molecule has 0 aliphatic heterocycles. The number of carbonyl (C=O) groups is 1. The molecule has 0 radical (unpaired) electrons. The number of nitrogens with one attached hydrogen (secondary N) is 1. The lowest BCUT2D eigenvalue weighted by atomic mass is 10.1. The number of hydrogen-bond acceptors (Lipinski definition) is 2. The van der Waals surface area contributed by atoms with Gasteiger partial charge in [0.15, 0.2) is 0 Å². The number of nitrogens with two attached hydrogens (primary N) is 1. The van der Waals surface area contributed by atoms with E-state index < -0.39 is 5.91 Å². The molecule has 0 saturated heterocycles. The third-order valence-electron chi connectivity index (χ3n) is 1.65. The quantitative estimate of drug-likeness (QED) is 0.450. The zero-order valence-electron chi connectivity index (χ0n) is 7.47. The number of rotatable bonds is 6. The van der Waals surface area contributed by atoms with Gasteiger partial charge in [-0.3, -0.25) is 4.79 Å². The van der Waals surface area contributed by atoms with Gasteiger partial charge >= 0.3 is 0 Å². The molecular formula is C9H16N2O. The van der Waals surface area contributed by atoms with E-state index in [0.29, 0.717) is 12.1 Å². The molecule has 0 aliphatic carbocycles. The van der Waals surface area contributed by atoms with Crippen LogP contribution in [-0.2, 0) is 4.79 Å². The van der Waals surface area contributed by atoms with E-state index in [4.69, 9.17) is 5.73 Å². The number of carbonyl (C=O) groups excluding carboxylic acids is 1. The summed E-state index contributed by atoms with van der Waals surface area (Å²) in [6.07, 6.45) is 2.53. The van der Waals surface area contributed by atoms with Gasteiger partial charge in [-0.25, -0.2) is 0 Å². The zero-order chi connectivity index (χ0) is 9.56. The van der Waals surface area contributed by atoms with Crippen molar-refractivity contribution in [3.63, 3.8) is 0 Å². The molecule has 3 nitrogen and oxygen atoms in total. The molecule has 0 aromatic heterocycles. The molecule has 0 fully saturated rings. The van der Waals surface area contributed by atoms with Crippen molar-refractivity contribution in [1.82, 2.24) is 5.32 Å². The van der Waals surface area contributed by atoms with Gasteiger partial charge in [-0.05, 0) is 6.42 Å². The van der Waals surface area contributed by atoms with Gasteiger partial charge < -0.3 is 11.1 Å². The summed E-state index contributed by atoms with van der Waals surface area (Å²) in [5.74, 6) is -0.446. The molecule has 0 spiro atoms. The highest BCUT2D eigenvalue weighted by atomic mass is 16.1. The Morgan fingerprint density at radius 2 is 2.33 bits per heavy atom. The van der Waals surface area contributed by atoms with Crippen LogP contribution in [0.25, 0.3) is 0 Å². The molecule has 3 N–H and O–H groups in total. The summed E-state index contributed by atoms with van der Waals surface area (Å²) in [5, 5.41) is 3.08. The maximum absolute atomic E-state index is 10.7. The van der Waals surface area contributed by atoms with E-state index in [1.807, 2.05) is 6.92 Å². The second-order valence-electron chi connectivity index (χ2n) is 2.55. The van der Waals surface area contributed by atoms with E-state index in [-0.39, 0.29) is 6.04 Å². The Morgan fingerprint density at radius 1 is 1.75 bits per heavy atom. The standard InChI is InChI=1S/C9H16N2O/c1-4-6-11-8(5-2)7(3)9(10)12/h4,8,11H,1,3,5-6H2,2H3,(H2,10,12). The molecular weight excluding hydrogens is 152 g/mol. The molecule has 68 valence electrons. The third-order valence-corrected chi connectivity index (χ3v) is 1.65. The largest absolute Gasteiger partial charge is 0.366 e. The highest BCUT2D eigenvalue weighted by Crippen LogP contribution is 2.02. The maximum atomic E-state index is 10.7. The van der Waals surface area contributed by atoms with Crippen LogP contribution >= 0.6 is 0 Å². The molecule has 1 unspecified atom stereocenters. The molecule has 1 atom stereocenters. The van der Waals surface area contributed by atoms with E-state index in [0.717, 1.165) is 6.42 Å². The van der Waals surface area contributed by atoms with Crippen molar-refractivity contribution in [3.8, 4) is 0 Å². The lowest BCUT2D eigenvalue weighted by molar-refractivity contribution is -0.114.